The number of thiophene rings is 1. The van der Waals surface area contributed by atoms with E-state index in [2.05, 4.69) is 10.4 Å². The lowest BCUT2D eigenvalue weighted by atomic mass is 10.1. The summed E-state index contributed by atoms with van der Waals surface area (Å²) < 4.78 is 11.2. The Bertz CT molecular complexity index is 950. The second-order valence-electron chi connectivity index (χ2n) is 6.24. The summed E-state index contributed by atoms with van der Waals surface area (Å²) in [5.74, 6) is 1.53. The fraction of sp³-hybridized carbons (Fsp3) is 0.300. The molecule has 1 aromatic carbocycles. The Kier molecular flexibility index (Phi) is 5.13. The third-order valence-corrected chi connectivity index (χ3v) is 6.29. The predicted octanol–water partition coefficient (Wildman–Crippen LogP) is 4.61. The van der Waals surface area contributed by atoms with Crippen LogP contribution in [0.2, 0.25) is 0 Å². The number of fused-ring (bicyclic) bond motifs is 1. The molecule has 0 spiro atoms. The Morgan fingerprint density at radius 1 is 1.22 bits per heavy atom. The summed E-state index contributed by atoms with van der Waals surface area (Å²) in [6.45, 7) is 6.17. The summed E-state index contributed by atoms with van der Waals surface area (Å²) in [5, 5.41) is 4.97. The lowest BCUT2D eigenvalue weighted by Crippen LogP contribution is -2.30. The minimum Gasteiger partial charge on any atom is -0.486 e. The van der Waals surface area contributed by atoms with Crippen LogP contribution in [0.3, 0.4) is 0 Å². The van der Waals surface area contributed by atoms with E-state index < -0.39 is 0 Å². The molecule has 1 aliphatic rings. The lowest BCUT2D eigenvalue weighted by Gasteiger charge is -2.23. The third kappa shape index (κ3) is 3.70. The van der Waals surface area contributed by atoms with E-state index in [-0.39, 0.29) is 5.91 Å². The molecule has 0 atom stereocenters. The van der Waals surface area contributed by atoms with Crippen LogP contribution in [0.1, 0.15) is 27.9 Å². The molecule has 2 aromatic heterocycles. The van der Waals surface area contributed by atoms with Gasteiger partial charge >= 0.3 is 0 Å². The lowest BCUT2D eigenvalue weighted by molar-refractivity contribution is 0.0756. The smallest absolute Gasteiger partial charge is 0.266 e. The molecule has 0 N–H and O–H groups in total. The molecular weight excluding hydrogens is 380 g/mol. The van der Waals surface area contributed by atoms with Gasteiger partial charge in [0.05, 0.1) is 5.69 Å². The van der Waals surface area contributed by atoms with Crippen LogP contribution in [-0.2, 0) is 6.54 Å². The first-order chi connectivity index (χ1) is 13.2. The number of ether oxygens (including phenoxy) is 2. The van der Waals surface area contributed by atoms with Gasteiger partial charge in [-0.2, -0.15) is 11.3 Å². The van der Waals surface area contributed by atoms with Crippen LogP contribution < -0.4 is 9.47 Å². The van der Waals surface area contributed by atoms with E-state index >= 15 is 0 Å². The van der Waals surface area contributed by atoms with Crippen molar-refractivity contribution in [1.82, 2.24) is 9.88 Å². The van der Waals surface area contributed by atoms with E-state index in [1.165, 1.54) is 11.3 Å². The number of carbonyl (C=O) groups is 1. The van der Waals surface area contributed by atoms with Crippen LogP contribution in [0, 0.1) is 6.92 Å². The van der Waals surface area contributed by atoms with Crippen LogP contribution in [-0.4, -0.2) is 35.5 Å². The van der Waals surface area contributed by atoms with Crippen molar-refractivity contribution in [2.45, 2.75) is 20.4 Å². The Balaban J connectivity index is 1.55. The number of hydrogen-bond acceptors (Lipinski definition) is 6. The van der Waals surface area contributed by atoms with E-state index in [9.17, 15) is 4.79 Å². The van der Waals surface area contributed by atoms with Gasteiger partial charge in [0.2, 0.25) is 0 Å². The predicted molar refractivity (Wildman–Crippen MR) is 108 cm³/mol. The molecule has 7 heteroatoms. The standard InChI is InChI=1S/C20H20N2O3S2/c1-3-22(11-14-4-5-16-17(10-14)25-8-7-24-16)20(23)18-13(2)21-19(27-18)15-6-9-26-12-15/h4-6,9-10,12H,3,7-8,11H2,1-2H3. The van der Waals surface area contributed by atoms with E-state index in [1.807, 2.05) is 48.4 Å². The van der Waals surface area contributed by atoms with E-state index in [0.29, 0.717) is 31.2 Å². The summed E-state index contributed by atoms with van der Waals surface area (Å²) in [5.41, 5.74) is 2.88. The maximum absolute atomic E-state index is 13.1. The molecular formula is C20H20N2O3S2. The molecule has 27 heavy (non-hydrogen) atoms. The Labute approximate surface area is 166 Å². The zero-order valence-corrected chi connectivity index (χ0v) is 16.9. The monoisotopic (exact) mass is 400 g/mol. The van der Waals surface area contributed by atoms with Crippen LogP contribution in [0.25, 0.3) is 10.6 Å². The molecule has 0 fully saturated rings. The minimum absolute atomic E-state index is 0.0175. The molecule has 0 saturated carbocycles. The minimum atomic E-state index is 0.0175. The number of amides is 1. The van der Waals surface area contributed by atoms with Gasteiger partial charge in [-0.05, 0) is 43.0 Å². The van der Waals surface area contributed by atoms with Crippen LogP contribution in [0.4, 0.5) is 0 Å². The van der Waals surface area contributed by atoms with Gasteiger partial charge in [-0.15, -0.1) is 11.3 Å². The largest absolute Gasteiger partial charge is 0.486 e. The maximum Gasteiger partial charge on any atom is 0.266 e. The molecule has 3 heterocycles. The molecule has 0 radical (unpaired) electrons. The number of aryl methyl sites for hydroxylation is 1. The van der Waals surface area contributed by atoms with Gasteiger partial charge in [-0.3, -0.25) is 4.79 Å². The number of nitrogens with zero attached hydrogens (tertiary/aromatic N) is 2. The second kappa shape index (κ2) is 7.70. The van der Waals surface area contributed by atoms with Gasteiger partial charge in [0.1, 0.15) is 23.1 Å². The van der Waals surface area contributed by atoms with Crippen molar-refractivity contribution < 1.29 is 14.3 Å². The van der Waals surface area contributed by atoms with Crippen molar-refractivity contribution in [3.8, 4) is 22.1 Å². The first-order valence-electron chi connectivity index (χ1n) is 8.83. The zero-order chi connectivity index (χ0) is 18.8. The molecule has 4 rings (SSSR count). The van der Waals surface area contributed by atoms with Crippen molar-refractivity contribution in [3.63, 3.8) is 0 Å². The quantitative estimate of drug-likeness (QED) is 0.627. The van der Waals surface area contributed by atoms with Gasteiger partial charge in [0.15, 0.2) is 11.5 Å². The molecule has 1 aliphatic heterocycles. The number of aromatic nitrogens is 1. The Morgan fingerprint density at radius 2 is 2.04 bits per heavy atom. The highest BCUT2D eigenvalue weighted by Gasteiger charge is 2.22. The fourth-order valence-electron chi connectivity index (χ4n) is 2.98. The molecule has 0 saturated heterocycles. The van der Waals surface area contributed by atoms with E-state index in [0.717, 1.165) is 33.3 Å². The maximum atomic E-state index is 13.1. The van der Waals surface area contributed by atoms with E-state index in [4.69, 9.17) is 9.47 Å². The fourth-order valence-corrected chi connectivity index (χ4v) is 4.73. The average molecular weight is 401 g/mol. The summed E-state index contributed by atoms with van der Waals surface area (Å²) in [7, 11) is 0. The summed E-state index contributed by atoms with van der Waals surface area (Å²) in [6.07, 6.45) is 0. The Morgan fingerprint density at radius 3 is 2.78 bits per heavy atom. The highest BCUT2D eigenvalue weighted by atomic mass is 32.1. The van der Waals surface area contributed by atoms with Gasteiger partial charge in [0.25, 0.3) is 5.91 Å². The number of thiazole rings is 1. The van der Waals surface area contributed by atoms with Crippen LogP contribution in [0.15, 0.2) is 35.0 Å². The van der Waals surface area contributed by atoms with Crippen molar-refractivity contribution >= 4 is 28.6 Å². The summed E-state index contributed by atoms with van der Waals surface area (Å²) in [6, 6.07) is 7.89. The molecule has 0 bridgehead atoms. The van der Waals surface area contributed by atoms with Gasteiger partial charge in [0, 0.05) is 24.0 Å². The number of benzene rings is 1. The summed E-state index contributed by atoms with van der Waals surface area (Å²) in [4.78, 5) is 20.3. The van der Waals surface area contributed by atoms with Crippen molar-refractivity contribution in [3.05, 3.63) is 51.2 Å². The zero-order valence-electron chi connectivity index (χ0n) is 15.2. The molecule has 1 amide bonds. The molecule has 0 aliphatic carbocycles. The first kappa shape index (κ1) is 18.0. The normalized spacial score (nSPS) is 12.8. The molecule has 140 valence electrons. The van der Waals surface area contributed by atoms with Gasteiger partial charge in [-0.25, -0.2) is 4.98 Å². The number of carbonyl (C=O) groups excluding carboxylic acids is 1. The number of hydrogen-bond donors (Lipinski definition) is 0. The molecule has 0 unspecified atom stereocenters. The van der Waals surface area contributed by atoms with Crippen molar-refractivity contribution in [2.24, 2.45) is 0 Å². The van der Waals surface area contributed by atoms with Gasteiger partial charge < -0.3 is 14.4 Å². The van der Waals surface area contributed by atoms with Crippen molar-refractivity contribution in [1.29, 1.82) is 0 Å². The topological polar surface area (TPSA) is 51.7 Å². The van der Waals surface area contributed by atoms with Crippen LogP contribution in [0.5, 0.6) is 11.5 Å². The summed E-state index contributed by atoms with van der Waals surface area (Å²) >= 11 is 3.09. The SMILES string of the molecule is CCN(Cc1ccc2c(c1)OCCO2)C(=O)c1sc(-c2ccsc2)nc1C. The number of rotatable bonds is 5. The van der Waals surface area contributed by atoms with E-state index in [1.54, 1.807) is 11.3 Å². The van der Waals surface area contributed by atoms with Gasteiger partial charge in [-0.1, -0.05) is 6.07 Å². The third-order valence-electron chi connectivity index (χ3n) is 4.41. The molecule has 3 aromatic rings. The highest BCUT2D eigenvalue weighted by molar-refractivity contribution is 7.17. The molecule has 5 nitrogen and oxygen atoms in total. The van der Waals surface area contributed by atoms with Crippen LogP contribution >= 0.6 is 22.7 Å². The first-order valence-corrected chi connectivity index (χ1v) is 10.6. The average Bonchev–Trinajstić information content (AvgIpc) is 3.35. The van der Waals surface area contributed by atoms with Crippen molar-refractivity contribution in [2.75, 3.05) is 19.8 Å². The highest BCUT2D eigenvalue weighted by Crippen LogP contribution is 2.32. The Hall–Kier alpha value is -2.38. The second-order valence-corrected chi connectivity index (χ2v) is 8.02.